The van der Waals surface area contributed by atoms with Crippen molar-refractivity contribution in [1.82, 2.24) is 4.90 Å². The minimum Gasteiger partial charge on any atom is -0.506 e. The molecule has 0 unspecified atom stereocenters. The quantitative estimate of drug-likeness (QED) is 0.846. The largest absolute Gasteiger partial charge is 0.506 e. The number of nitrogens with two attached hydrogens (primary N) is 1. The maximum absolute atomic E-state index is 12.6. The van der Waals surface area contributed by atoms with Gasteiger partial charge in [0.1, 0.15) is 5.75 Å². The zero-order valence-electron chi connectivity index (χ0n) is 12.1. The number of carbonyl (C=O) groups is 1. The summed E-state index contributed by atoms with van der Waals surface area (Å²) >= 11 is 0. The Hall–Kier alpha value is -2.11. The van der Waals surface area contributed by atoms with E-state index in [0.29, 0.717) is 37.2 Å². The molecule has 21 heavy (non-hydrogen) atoms. The number of phenolic OH excluding ortho intramolecular Hbond substituents is 1. The summed E-state index contributed by atoms with van der Waals surface area (Å²) in [5.74, 6) is -0.224. The van der Waals surface area contributed by atoms with Crippen LogP contribution in [0.3, 0.4) is 0 Å². The highest BCUT2D eigenvalue weighted by Gasteiger charge is 2.19. The molecule has 0 saturated carbocycles. The van der Waals surface area contributed by atoms with Crippen LogP contribution in [-0.4, -0.2) is 49.3 Å². The van der Waals surface area contributed by atoms with E-state index in [-0.39, 0.29) is 11.7 Å². The summed E-state index contributed by atoms with van der Waals surface area (Å²) in [7, 11) is 1.58. The molecule has 3 N–H and O–H groups in total. The van der Waals surface area contributed by atoms with Gasteiger partial charge in [0.15, 0.2) is 0 Å². The summed E-state index contributed by atoms with van der Waals surface area (Å²) in [4.78, 5) is 14.2. The lowest BCUT2D eigenvalue weighted by molar-refractivity contribution is 0.0699. The molecule has 0 radical (unpaired) electrons. The molecule has 0 atom stereocenters. The Morgan fingerprint density at radius 2 is 2.00 bits per heavy atom. The number of nitrogens with zero attached hydrogens (tertiary/aromatic N) is 1. The number of benzene rings is 2. The number of aromatic hydroxyl groups is 1. The Morgan fingerprint density at radius 1 is 1.24 bits per heavy atom. The van der Waals surface area contributed by atoms with Crippen LogP contribution < -0.4 is 5.73 Å². The van der Waals surface area contributed by atoms with Crippen molar-refractivity contribution in [1.29, 1.82) is 0 Å². The molecule has 0 aliphatic heterocycles. The van der Waals surface area contributed by atoms with Gasteiger partial charge in [-0.15, -0.1) is 0 Å². The van der Waals surface area contributed by atoms with Gasteiger partial charge in [0.05, 0.1) is 12.2 Å². The molecule has 2 aromatic carbocycles. The Labute approximate surface area is 123 Å². The number of amides is 1. The van der Waals surface area contributed by atoms with E-state index in [4.69, 9.17) is 10.5 Å². The molecule has 2 rings (SSSR count). The zero-order chi connectivity index (χ0) is 15.2. The highest BCUT2D eigenvalue weighted by molar-refractivity contribution is 6.03. The molecule has 0 bridgehead atoms. The van der Waals surface area contributed by atoms with Crippen molar-refractivity contribution in [2.24, 2.45) is 5.73 Å². The maximum Gasteiger partial charge on any atom is 0.257 e. The van der Waals surface area contributed by atoms with E-state index >= 15 is 0 Å². The second-order valence-electron chi connectivity index (χ2n) is 4.76. The third kappa shape index (κ3) is 3.32. The van der Waals surface area contributed by atoms with Gasteiger partial charge >= 0.3 is 0 Å². The molecule has 0 heterocycles. The molecule has 112 valence electrons. The lowest BCUT2D eigenvalue weighted by Gasteiger charge is -2.22. The summed E-state index contributed by atoms with van der Waals surface area (Å²) < 4.78 is 5.01. The number of hydrogen-bond acceptors (Lipinski definition) is 4. The average Bonchev–Trinajstić information content (AvgIpc) is 2.51. The SMILES string of the molecule is COCCN(CCN)C(=O)c1ccc2ccccc2c1O. The van der Waals surface area contributed by atoms with Crippen molar-refractivity contribution >= 4 is 16.7 Å². The van der Waals surface area contributed by atoms with Crippen LogP contribution in [-0.2, 0) is 4.74 Å². The smallest absolute Gasteiger partial charge is 0.257 e. The van der Waals surface area contributed by atoms with Crippen molar-refractivity contribution in [3.05, 3.63) is 42.0 Å². The molecule has 0 saturated heterocycles. The van der Waals surface area contributed by atoms with Gasteiger partial charge < -0.3 is 20.5 Å². The second-order valence-corrected chi connectivity index (χ2v) is 4.76. The summed E-state index contributed by atoms with van der Waals surface area (Å²) in [6.07, 6.45) is 0. The first-order valence-electron chi connectivity index (χ1n) is 6.88. The molecule has 0 aliphatic rings. The zero-order valence-corrected chi connectivity index (χ0v) is 12.1. The summed E-state index contributed by atoms with van der Waals surface area (Å²) in [6, 6.07) is 10.9. The Balaban J connectivity index is 2.34. The van der Waals surface area contributed by atoms with Gasteiger partial charge in [0.2, 0.25) is 0 Å². The van der Waals surface area contributed by atoms with Gasteiger partial charge in [0, 0.05) is 32.1 Å². The Morgan fingerprint density at radius 3 is 2.71 bits per heavy atom. The van der Waals surface area contributed by atoms with E-state index in [1.807, 2.05) is 24.3 Å². The van der Waals surface area contributed by atoms with Crippen LogP contribution in [0, 0.1) is 0 Å². The molecule has 0 spiro atoms. The van der Waals surface area contributed by atoms with E-state index in [0.717, 1.165) is 5.39 Å². The third-order valence-corrected chi connectivity index (χ3v) is 3.38. The van der Waals surface area contributed by atoms with Gasteiger partial charge in [0.25, 0.3) is 5.91 Å². The van der Waals surface area contributed by atoms with E-state index in [1.165, 1.54) is 0 Å². The van der Waals surface area contributed by atoms with E-state index < -0.39 is 0 Å². The van der Waals surface area contributed by atoms with Crippen molar-refractivity contribution in [3.63, 3.8) is 0 Å². The van der Waals surface area contributed by atoms with Crippen molar-refractivity contribution < 1.29 is 14.6 Å². The second kappa shape index (κ2) is 7.06. The molecule has 5 nitrogen and oxygen atoms in total. The standard InChI is InChI=1S/C16H20N2O3/c1-21-11-10-18(9-8-17)16(20)14-7-6-12-4-2-3-5-13(12)15(14)19/h2-7,19H,8-11,17H2,1H3. The van der Waals surface area contributed by atoms with E-state index in [2.05, 4.69) is 0 Å². The molecule has 0 aromatic heterocycles. The van der Waals surface area contributed by atoms with Crippen LogP contribution in [0.25, 0.3) is 10.8 Å². The number of methoxy groups -OCH3 is 1. The lowest BCUT2D eigenvalue weighted by Crippen LogP contribution is -2.37. The van der Waals surface area contributed by atoms with Gasteiger partial charge in [-0.25, -0.2) is 0 Å². The van der Waals surface area contributed by atoms with Gasteiger partial charge in [-0.3, -0.25) is 4.79 Å². The number of ether oxygens (including phenoxy) is 1. The van der Waals surface area contributed by atoms with Gasteiger partial charge in [-0.05, 0) is 11.5 Å². The number of hydrogen-bond donors (Lipinski definition) is 2. The first-order chi connectivity index (χ1) is 10.2. The first-order valence-corrected chi connectivity index (χ1v) is 6.88. The van der Waals surface area contributed by atoms with Gasteiger partial charge in [-0.2, -0.15) is 0 Å². The lowest BCUT2D eigenvalue weighted by atomic mass is 10.0. The fourth-order valence-electron chi connectivity index (χ4n) is 2.27. The maximum atomic E-state index is 12.6. The number of fused-ring (bicyclic) bond motifs is 1. The normalized spacial score (nSPS) is 10.8. The number of rotatable bonds is 6. The summed E-state index contributed by atoms with van der Waals surface area (Å²) in [5.41, 5.74) is 5.84. The van der Waals surface area contributed by atoms with Crippen LogP contribution in [0.5, 0.6) is 5.75 Å². The molecule has 0 aliphatic carbocycles. The monoisotopic (exact) mass is 288 g/mol. The van der Waals surface area contributed by atoms with Crippen molar-refractivity contribution in [3.8, 4) is 5.75 Å². The van der Waals surface area contributed by atoms with Crippen molar-refractivity contribution in [2.75, 3.05) is 33.4 Å². The highest BCUT2D eigenvalue weighted by atomic mass is 16.5. The summed E-state index contributed by atoms with van der Waals surface area (Å²) in [6.45, 7) is 1.66. The minimum atomic E-state index is -0.235. The molecular weight excluding hydrogens is 268 g/mol. The first kappa shape index (κ1) is 15.3. The van der Waals surface area contributed by atoms with Crippen LogP contribution in [0.2, 0.25) is 0 Å². The van der Waals surface area contributed by atoms with Crippen LogP contribution in [0.15, 0.2) is 36.4 Å². The Kier molecular flexibility index (Phi) is 5.14. The van der Waals surface area contributed by atoms with Crippen LogP contribution >= 0.6 is 0 Å². The third-order valence-electron chi connectivity index (χ3n) is 3.38. The molecule has 5 heteroatoms. The van der Waals surface area contributed by atoms with Crippen molar-refractivity contribution in [2.45, 2.75) is 0 Å². The fourth-order valence-corrected chi connectivity index (χ4v) is 2.27. The van der Waals surface area contributed by atoms with E-state index in [9.17, 15) is 9.90 Å². The fraction of sp³-hybridized carbons (Fsp3) is 0.312. The molecule has 1 amide bonds. The van der Waals surface area contributed by atoms with Gasteiger partial charge in [-0.1, -0.05) is 30.3 Å². The molecular formula is C16H20N2O3. The predicted molar refractivity (Wildman–Crippen MR) is 82.4 cm³/mol. The molecule has 0 fully saturated rings. The number of carbonyl (C=O) groups excluding carboxylic acids is 1. The minimum absolute atomic E-state index is 0.0116. The molecule has 2 aromatic rings. The summed E-state index contributed by atoms with van der Waals surface area (Å²) in [5, 5.41) is 11.9. The average molecular weight is 288 g/mol. The van der Waals surface area contributed by atoms with Crippen LogP contribution in [0.1, 0.15) is 10.4 Å². The van der Waals surface area contributed by atoms with E-state index in [1.54, 1.807) is 24.1 Å². The Bertz CT molecular complexity index is 628. The highest BCUT2D eigenvalue weighted by Crippen LogP contribution is 2.29. The van der Waals surface area contributed by atoms with Crippen LogP contribution in [0.4, 0.5) is 0 Å². The topological polar surface area (TPSA) is 75.8 Å². The number of phenols is 1. The predicted octanol–water partition coefficient (Wildman–Crippen LogP) is 1.59.